The lowest BCUT2D eigenvalue weighted by Gasteiger charge is -2.13. The molecule has 0 atom stereocenters. The first-order chi connectivity index (χ1) is 14.0. The number of thiophene rings is 1. The summed E-state index contributed by atoms with van der Waals surface area (Å²) in [6, 6.07) is 15.8. The van der Waals surface area contributed by atoms with Gasteiger partial charge < -0.3 is 0 Å². The maximum absolute atomic E-state index is 13.5. The molecule has 6 heteroatoms. The van der Waals surface area contributed by atoms with Gasteiger partial charge in [0.25, 0.3) is 5.56 Å². The Morgan fingerprint density at radius 2 is 1.90 bits per heavy atom. The SMILES string of the molecule is CCc1sc2nc(SCc3cccc(Cl)c3)n(-c3ccc(C)cc3)c(=O)c2c1C. The number of halogens is 1. The fraction of sp³-hybridized carbons (Fsp3) is 0.217. The topological polar surface area (TPSA) is 34.9 Å². The van der Waals surface area contributed by atoms with E-state index in [-0.39, 0.29) is 5.56 Å². The van der Waals surface area contributed by atoms with Crippen LogP contribution in [0.5, 0.6) is 0 Å². The Morgan fingerprint density at radius 3 is 2.59 bits per heavy atom. The highest BCUT2D eigenvalue weighted by Crippen LogP contribution is 2.31. The molecular weight excluding hydrogens is 420 g/mol. The van der Waals surface area contributed by atoms with Gasteiger partial charge in [-0.25, -0.2) is 4.98 Å². The zero-order valence-electron chi connectivity index (χ0n) is 16.5. The minimum absolute atomic E-state index is 0.000831. The van der Waals surface area contributed by atoms with Gasteiger partial charge >= 0.3 is 0 Å². The summed E-state index contributed by atoms with van der Waals surface area (Å²) in [4.78, 5) is 20.5. The molecule has 2 aromatic carbocycles. The molecule has 3 nitrogen and oxygen atoms in total. The van der Waals surface area contributed by atoms with Gasteiger partial charge in [-0.3, -0.25) is 9.36 Å². The first kappa shape index (κ1) is 20.2. The predicted molar refractivity (Wildman–Crippen MR) is 125 cm³/mol. The first-order valence-corrected chi connectivity index (χ1v) is 11.6. The minimum atomic E-state index is 0.000831. The molecule has 0 spiro atoms. The highest BCUT2D eigenvalue weighted by atomic mass is 35.5. The molecule has 0 unspecified atom stereocenters. The van der Waals surface area contributed by atoms with Gasteiger partial charge in [0.1, 0.15) is 4.83 Å². The molecule has 0 bridgehead atoms. The number of aryl methyl sites for hydroxylation is 3. The summed E-state index contributed by atoms with van der Waals surface area (Å²) in [5.74, 6) is 0.690. The predicted octanol–water partition coefficient (Wildman–Crippen LogP) is 6.57. The molecular formula is C23H21ClN2OS2. The summed E-state index contributed by atoms with van der Waals surface area (Å²) in [5, 5.41) is 2.15. The summed E-state index contributed by atoms with van der Waals surface area (Å²) >= 11 is 9.31. The molecule has 2 aromatic heterocycles. The molecule has 0 radical (unpaired) electrons. The third-order valence-corrected chi connectivity index (χ3v) is 7.48. The summed E-state index contributed by atoms with van der Waals surface area (Å²) in [6.45, 7) is 6.18. The smallest absolute Gasteiger partial charge is 0.267 e. The van der Waals surface area contributed by atoms with Crippen molar-refractivity contribution in [3.63, 3.8) is 0 Å². The van der Waals surface area contributed by atoms with Crippen LogP contribution >= 0.6 is 34.7 Å². The Morgan fingerprint density at radius 1 is 1.14 bits per heavy atom. The van der Waals surface area contributed by atoms with Gasteiger partial charge in [0.05, 0.1) is 11.1 Å². The average molecular weight is 441 g/mol. The lowest BCUT2D eigenvalue weighted by atomic mass is 10.2. The van der Waals surface area contributed by atoms with Crippen LogP contribution < -0.4 is 5.56 Å². The zero-order chi connectivity index (χ0) is 20.5. The van der Waals surface area contributed by atoms with Crippen molar-refractivity contribution in [1.29, 1.82) is 0 Å². The van der Waals surface area contributed by atoms with Crippen molar-refractivity contribution < 1.29 is 0 Å². The molecule has 0 saturated carbocycles. The van der Waals surface area contributed by atoms with Crippen LogP contribution in [0.4, 0.5) is 0 Å². The van der Waals surface area contributed by atoms with E-state index in [1.165, 1.54) is 4.88 Å². The Hall–Kier alpha value is -2.08. The second-order valence-corrected chi connectivity index (χ2v) is 9.44. The fourth-order valence-electron chi connectivity index (χ4n) is 3.34. The summed E-state index contributed by atoms with van der Waals surface area (Å²) in [7, 11) is 0. The molecule has 0 aliphatic heterocycles. The Balaban J connectivity index is 1.87. The molecule has 4 aromatic rings. The number of aromatic nitrogens is 2. The van der Waals surface area contributed by atoms with Gasteiger partial charge in [-0.1, -0.05) is 60.1 Å². The zero-order valence-corrected chi connectivity index (χ0v) is 18.9. The lowest BCUT2D eigenvalue weighted by Crippen LogP contribution is -2.21. The van der Waals surface area contributed by atoms with Gasteiger partial charge in [0, 0.05) is 15.7 Å². The van der Waals surface area contributed by atoms with E-state index in [9.17, 15) is 4.79 Å². The highest BCUT2D eigenvalue weighted by molar-refractivity contribution is 7.98. The monoisotopic (exact) mass is 440 g/mol. The molecule has 0 N–H and O–H groups in total. The Bertz CT molecular complexity index is 1240. The first-order valence-electron chi connectivity index (χ1n) is 9.47. The van der Waals surface area contributed by atoms with Crippen molar-refractivity contribution in [3.05, 3.63) is 85.5 Å². The number of benzene rings is 2. The van der Waals surface area contributed by atoms with E-state index in [2.05, 4.69) is 6.92 Å². The van der Waals surface area contributed by atoms with Crippen LogP contribution in [0.1, 0.15) is 28.5 Å². The van der Waals surface area contributed by atoms with Crippen LogP contribution in [0, 0.1) is 13.8 Å². The number of hydrogen-bond acceptors (Lipinski definition) is 4. The van der Waals surface area contributed by atoms with Crippen LogP contribution in [-0.4, -0.2) is 9.55 Å². The third kappa shape index (κ3) is 4.00. The molecule has 0 fully saturated rings. The van der Waals surface area contributed by atoms with E-state index in [0.717, 1.165) is 39.0 Å². The third-order valence-electron chi connectivity index (χ3n) is 4.90. The summed E-state index contributed by atoms with van der Waals surface area (Å²) in [5.41, 5.74) is 4.15. The van der Waals surface area contributed by atoms with Crippen LogP contribution in [0.25, 0.3) is 15.9 Å². The molecule has 148 valence electrons. The average Bonchev–Trinajstić information content (AvgIpc) is 3.03. The van der Waals surface area contributed by atoms with Crippen molar-refractivity contribution in [2.45, 2.75) is 38.1 Å². The number of thioether (sulfide) groups is 1. The van der Waals surface area contributed by atoms with Gasteiger partial charge in [-0.2, -0.15) is 0 Å². The number of hydrogen-bond donors (Lipinski definition) is 0. The summed E-state index contributed by atoms with van der Waals surface area (Å²) in [6.07, 6.45) is 0.905. The van der Waals surface area contributed by atoms with E-state index >= 15 is 0 Å². The van der Waals surface area contributed by atoms with Crippen LogP contribution in [0.15, 0.2) is 58.5 Å². The summed E-state index contributed by atoms with van der Waals surface area (Å²) < 4.78 is 1.75. The second-order valence-electron chi connectivity index (χ2n) is 6.97. The van der Waals surface area contributed by atoms with E-state index in [1.54, 1.807) is 27.7 Å². The van der Waals surface area contributed by atoms with E-state index in [4.69, 9.17) is 16.6 Å². The molecule has 4 rings (SSSR count). The fourth-order valence-corrected chi connectivity index (χ4v) is 5.67. The lowest BCUT2D eigenvalue weighted by molar-refractivity contribution is 0.821. The van der Waals surface area contributed by atoms with Gasteiger partial charge in [0.15, 0.2) is 5.16 Å². The van der Waals surface area contributed by atoms with Crippen LogP contribution in [0.3, 0.4) is 0 Å². The number of nitrogens with zero attached hydrogens (tertiary/aromatic N) is 2. The van der Waals surface area contributed by atoms with Crippen LogP contribution in [-0.2, 0) is 12.2 Å². The van der Waals surface area contributed by atoms with Crippen molar-refractivity contribution >= 4 is 44.9 Å². The number of fused-ring (bicyclic) bond motifs is 1. The van der Waals surface area contributed by atoms with Crippen molar-refractivity contribution in [3.8, 4) is 5.69 Å². The molecule has 0 saturated heterocycles. The molecule has 29 heavy (non-hydrogen) atoms. The van der Waals surface area contributed by atoms with E-state index in [1.807, 2.05) is 62.4 Å². The molecule has 0 aliphatic rings. The van der Waals surface area contributed by atoms with Gasteiger partial charge in [-0.15, -0.1) is 11.3 Å². The van der Waals surface area contributed by atoms with Gasteiger partial charge in [0.2, 0.25) is 0 Å². The second kappa shape index (κ2) is 8.34. The molecule has 0 aliphatic carbocycles. The Kier molecular flexibility index (Phi) is 5.81. The quantitative estimate of drug-likeness (QED) is 0.260. The van der Waals surface area contributed by atoms with Crippen molar-refractivity contribution in [2.75, 3.05) is 0 Å². The van der Waals surface area contributed by atoms with Crippen LogP contribution in [0.2, 0.25) is 5.02 Å². The van der Waals surface area contributed by atoms with E-state index < -0.39 is 0 Å². The van der Waals surface area contributed by atoms with Crippen molar-refractivity contribution in [2.24, 2.45) is 0 Å². The largest absolute Gasteiger partial charge is 0.268 e. The maximum atomic E-state index is 13.5. The van der Waals surface area contributed by atoms with Gasteiger partial charge in [-0.05, 0) is 55.7 Å². The Labute approximate surface area is 183 Å². The molecule has 0 amide bonds. The highest BCUT2D eigenvalue weighted by Gasteiger charge is 2.18. The normalized spacial score (nSPS) is 11.3. The molecule has 2 heterocycles. The number of rotatable bonds is 5. The minimum Gasteiger partial charge on any atom is -0.268 e. The van der Waals surface area contributed by atoms with E-state index in [0.29, 0.717) is 15.9 Å². The van der Waals surface area contributed by atoms with Crippen molar-refractivity contribution in [1.82, 2.24) is 9.55 Å². The standard InChI is InChI=1S/C23H21ClN2OS2/c1-4-19-15(3)20-21(29-19)25-23(28-13-16-6-5-7-17(24)12-16)26(22(20)27)18-10-8-14(2)9-11-18/h5-12H,4,13H2,1-3H3. The maximum Gasteiger partial charge on any atom is 0.267 e.